The first-order valence-electron chi connectivity index (χ1n) is 9.64. The predicted molar refractivity (Wildman–Crippen MR) is 113 cm³/mol. The summed E-state index contributed by atoms with van der Waals surface area (Å²) in [4.78, 5) is 30.2. The molecule has 1 spiro atoms. The van der Waals surface area contributed by atoms with Crippen molar-refractivity contribution in [2.75, 3.05) is 23.7 Å². The molecule has 1 fully saturated rings. The highest BCUT2D eigenvalue weighted by Gasteiger charge is 2.42. The van der Waals surface area contributed by atoms with Crippen molar-refractivity contribution in [3.8, 4) is 5.69 Å². The van der Waals surface area contributed by atoms with Crippen molar-refractivity contribution in [3.63, 3.8) is 0 Å². The van der Waals surface area contributed by atoms with E-state index in [0.717, 1.165) is 24.2 Å². The van der Waals surface area contributed by atoms with Crippen LogP contribution in [-0.2, 0) is 10.3 Å². The number of carbonyl (C=O) groups is 2. The van der Waals surface area contributed by atoms with Gasteiger partial charge in [-0.3, -0.25) is 9.59 Å². The van der Waals surface area contributed by atoms with Crippen molar-refractivity contribution in [1.82, 2.24) is 14.5 Å². The quantitative estimate of drug-likeness (QED) is 0.682. The van der Waals surface area contributed by atoms with Crippen LogP contribution in [0.3, 0.4) is 0 Å². The summed E-state index contributed by atoms with van der Waals surface area (Å²) in [5, 5.41) is 8.55. The van der Waals surface area contributed by atoms with Crippen molar-refractivity contribution in [1.29, 1.82) is 0 Å². The average Bonchev–Trinajstić information content (AvgIpc) is 3.38. The van der Waals surface area contributed by atoms with Gasteiger partial charge in [-0.25, -0.2) is 4.98 Å². The van der Waals surface area contributed by atoms with Crippen molar-refractivity contribution in [2.24, 2.45) is 0 Å². The fraction of sp³-hybridized carbons (Fsp3) is 0.286. The Morgan fingerprint density at radius 2 is 1.97 bits per heavy atom. The molecule has 0 radical (unpaired) electrons. The molecule has 2 amide bonds. The van der Waals surface area contributed by atoms with E-state index < -0.39 is 0 Å². The molecule has 0 bridgehead atoms. The van der Waals surface area contributed by atoms with Crippen LogP contribution in [0.15, 0.2) is 48.0 Å². The van der Waals surface area contributed by atoms with Crippen LogP contribution < -0.4 is 10.6 Å². The van der Waals surface area contributed by atoms with E-state index >= 15 is 0 Å². The van der Waals surface area contributed by atoms with Gasteiger partial charge in [0.05, 0.1) is 16.9 Å². The Bertz CT molecular complexity index is 1090. The highest BCUT2D eigenvalue weighted by atomic mass is 32.1. The third kappa shape index (κ3) is 3.00. The van der Waals surface area contributed by atoms with E-state index in [2.05, 4.69) is 50.6 Å². The van der Waals surface area contributed by atoms with Gasteiger partial charge < -0.3 is 20.1 Å². The molecular formula is C21H21N5O2S. The molecule has 2 aliphatic heterocycles. The predicted octanol–water partition coefficient (Wildman–Crippen LogP) is 3.45. The summed E-state index contributed by atoms with van der Waals surface area (Å²) in [6.07, 6.45) is 3.74. The number of rotatable bonds is 2. The van der Waals surface area contributed by atoms with E-state index in [1.165, 1.54) is 24.0 Å². The number of carbonyl (C=O) groups excluding carboxylic acids is 2. The number of amides is 2. The molecule has 2 aliphatic rings. The van der Waals surface area contributed by atoms with E-state index in [1.807, 2.05) is 17.0 Å². The van der Waals surface area contributed by atoms with Crippen LogP contribution in [0.2, 0.25) is 0 Å². The molecule has 0 atom stereocenters. The zero-order chi connectivity index (χ0) is 20.0. The number of hydrogen-bond donors (Lipinski definition) is 2. The first-order chi connectivity index (χ1) is 14.1. The summed E-state index contributed by atoms with van der Waals surface area (Å²) >= 11 is 1.27. The number of para-hydroxylation sites is 2. The summed E-state index contributed by atoms with van der Waals surface area (Å²) in [6.45, 7) is 2.72. The lowest BCUT2D eigenvalue weighted by Crippen LogP contribution is -2.51. The molecule has 4 heterocycles. The topological polar surface area (TPSA) is 79.3 Å². The largest absolute Gasteiger partial charge is 0.372 e. The number of nitrogens with one attached hydrogen (secondary N) is 2. The Kier molecular flexibility index (Phi) is 4.16. The van der Waals surface area contributed by atoms with Gasteiger partial charge in [-0.2, -0.15) is 0 Å². The van der Waals surface area contributed by atoms with Crippen LogP contribution in [0, 0.1) is 0 Å². The normalized spacial score (nSPS) is 16.7. The number of piperidine rings is 1. The van der Waals surface area contributed by atoms with E-state index in [9.17, 15) is 9.59 Å². The van der Waals surface area contributed by atoms with Gasteiger partial charge in [0.1, 0.15) is 5.69 Å². The Morgan fingerprint density at radius 1 is 1.17 bits per heavy atom. The van der Waals surface area contributed by atoms with Gasteiger partial charge in [-0.1, -0.05) is 12.1 Å². The number of anilines is 2. The first-order valence-corrected chi connectivity index (χ1v) is 10.5. The van der Waals surface area contributed by atoms with E-state index in [1.54, 1.807) is 5.38 Å². The second-order valence-electron chi connectivity index (χ2n) is 7.50. The Labute approximate surface area is 172 Å². The number of fused-ring (bicyclic) bond motifs is 4. The third-order valence-corrected chi connectivity index (χ3v) is 6.44. The fourth-order valence-electron chi connectivity index (χ4n) is 4.31. The highest BCUT2D eigenvalue weighted by molar-refractivity contribution is 7.14. The molecule has 29 heavy (non-hydrogen) atoms. The highest BCUT2D eigenvalue weighted by Crippen LogP contribution is 2.43. The maximum absolute atomic E-state index is 12.9. The molecule has 1 aromatic carbocycles. The summed E-state index contributed by atoms with van der Waals surface area (Å²) < 4.78 is 2.25. The molecule has 2 N–H and O–H groups in total. The zero-order valence-electron chi connectivity index (χ0n) is 16.0. The molecule has 7 nitrogen and oxygen atoms in total. The summed E-state index contributed by atoms with van der Waals surface area (Å²) in [5.41, 5.74) is 3.72. The number of thiazole rings is 1. The molecule has 8 heteroatoms. The van der Waals surface area contributed by atoms with Gasteiger partial charge in [0.2, 0.25) is 5.91 Å². The lowest BCUT2D eigenvalue weighted by atomic mass is 9.82. The number of hydrogen-bond acceptors (Lipinski definition) is 5. The van der Waals surface area contributed by atoms with Gasteiger partial charge in [-0.05, 0) is 37.1 Å². The molecule has 3 aromatic rings. The minimum absolute atomic E-state index is 0.0840. The minimum atomic E-state index is -0.190. The monoisotopic (exact) mass is 407 g/mol. The zero-order valence-corrected chi connectivity index (χ0v) is 16.8. The lowest BCUT2D eigenvalue weighted by molar-refractivity contribution is -0.114. The summed E-state index contributed by atoms with van der Waals surface area (Å²) in [6, 6.07) is 12.6. The molecule has 0 saturated carbocycles. The first kappa shape index (κ1) is 17.9. The summed E-state index contributed by atoms with van der Waals surface area (Å²) in [7, 11) is 0. The van der Waals surface area contributed by atoms with Crippen LogP contribution in [0.4, 0.5) is 10.8 Å². The maximum Gasteiger partial charge on any atom is 0.273 e. The Morgan fingerprint density at radius 3 is 2.76 bits per heavy atom. The van der Waals surface area contributed by atoms with Gasteiger partial charge in [0.25, 0.3) is 5.91 Å². The smallest absolute Gasteiger partial charge is 0.273 e. The number of likely N-dealkylation sites (tertiary alicyclic amines) is 1. The Hall–Kier alpha value is -3.13. The van der Waals surface area contributed by atoms with Crippen molar-refractivity contribution >= 4 is 34.0 Å². The van der Waals surface area contributed by atoms with Crippen LogP contribution in [-0.4, -0.2) is 39.4 Å². The van der Waals surface area contributed by atoms with Crippen molar-refractivity contribution in [3.05, 3.63) is 59.4 Å². The van der Waals surface area contributed by atoms with E-state index in [-0.39, 0.29) is 17.4 Å². The minimum Gasteiger partial charge on any atom is -0.372 e. The molecule has 2 aromatic heterocycles. The molecule has 1 saturated heterocycles. The van der Waals surface area contributed by atoms with E-state index in [4.69, 9.17) is 0 Å². The van der Waals surface area contributed by atoms with Gasteiger partial charge >= 0.3 is 0 Å². The molecular weight excluding hydrogens is 386 g/mol. The number of benzene rings is 1. The molecule has 0 aliphatic carbocycles. The van der Waals surface area contributed by atoms with Gasteiger partial charge in [0, 0.05) is 37.3 Å². The van der Waals surface area contributed by atoms with E-state index in [0.29, 0.717) is 23.9 Å². The Balaban J connectivity index is 1.35. The number of aromatic nitrogens is 2. The molecule has 5 rings (SSSR count). The maximum atomic E-state index is 12.9. The second-order valence-corrected chi connectivity index (χ2v) is 8.36. The standard InChI is InChI=1S/C21H21N5O2S/c1-14(27)22-20-23-16(13-29-20)19(28)25-11-8-21(9-12-25)18-7-4-10-26(18)17-6-3-2-5-15(17)24-21/h2-7,10,13,24H,8-9,11-12H2,1H3,(H,22,23,27). The van der Waals surface area contributed by atoms with Crippen LogP contribution in [0.1, 0.15) is 35.9 Å². The fourth-order valence-corrected chi connectivity index (χ4v) is 5.04. The SMILES string of the molecule is CC(=O)Nc1nc(C(=O)N2CCC3(CC2)Nc2ccccc2-n2cccc23)cs1. The molecule has 0 unspecified atom stereocenters. The van der Waals surface area contributed by atoms with Gasteiger partial charge in [0.15, 0.2) is 5.13 Å². The second kappa shape index (κ2) is 6.73. The van der Waals surface area contributed by atoms with Crippen LogP contribution >= 0.6 is 11.3 Å². The number of nitrogens with zero attached hydrogens (tertiary/aromatic N) is 3. The lowest BCUT2D eigenvalue weighted by Gasteiger charge is -2.46. The molecule has 148 valence electrons. The third-order valence-electron chi connectivity index (χ3n) is 5.69. The van der Waals surface area contributed by atoms with Crippen molar-refractivity contribution < 1.29 is 9.59 Å². The van der Waals surface area contributed by atoms with Crippen LogP contribution in [0.25, 0.3) is 5.69 Å². The average molecular weight is 407 g/mol. The van der Waals surface area contributed by atoms with Crippen LogP contribution in [0.5, 0.6) is 0 Å². The van der Waals surface area contributed by atoms with Crippen molar-refractivity contribution in [2.45, 2.75) is 25.3 Å². The van der Waals surface area contributed by atoms with Gasteiger partial charge in [-0.15, -0.1) is 11.3 Å². The summed E-state index contributed by atoms with van der Waals surface area (Å²) in [5.74, 6) is -0.274.